The predicted octanol–water partition coefficient (Wildman–Crippen LogP) is 5.24. The molecule has 0 fully saturated rings. The monoisotopic (exact) mass is 347 g/mol. The molecule has 90 valence electrons. The van der Waals surface area contributed by atoms with E-state index in [1.54, 1.807) is 0 Å². The Morgan fingerprint density at radius 1 is 1.18 bits per heavy atom. The van der Waals surface area contributed by atoms with Crippen molar-refractivity contribution in [1.82, 2.24) is 0 Å². The van der Waals surface area contributed by atoms with Gasteiger partial charge in [-0.25, -0.2) is 0 Å². The summed E-state index contributed by atoms with van der Waals surface area (Å²) in [5, 5.41) is 8.49. The minimum Gasteiger partial charge on any atom is -0.293 e. The molecule has 1 heterocycles. The number of nitrogens with one attached hydrogen (secondary N) is 1. The third-order valence-corrected chi connectivity index (χ3v) is 4.39. The molecule has 0 atom stereocenters. The molecule has 0 aliphatic rings. The number of hydrogen-bond acceptors (Lipinski definition) is 3. The highest BCUT2D eigenvalue weighted by atomic mass is 79.9. The first-order valence-electron chi connectivity index (χ1n) is 4.76. The van der Waals surface area contributed by atoms with Gasteiger partial charge >= 0.3 is 0 Å². The predicted molar refractivity (Wildman–Crippen MR) is 84.2 cm³/mol. The van der Waals surface area contributed by atoms with Gasteiger partial charge in [-0.2, -0.15) is 0 Å². The van der Waals surface area contributed by atoms with Crippen LogP contribution in [-0.4, -0.2) is 5.04 Å². The zero-order valence-electron chi connectivity index (χ0n) is 8.85. The second-order valence-electron chi connectivity index (χ2n) is 3.21. The molecule has 0 radical (unpaired) electrons. The molecule has 17 heavy (non-hydrogen) atoms. The molecule has 0 unspecified atom stereocenters. The van der Waals surface area contributed by atoms with E-state index < -0.39 is 0 Å². The number of thiophene rings is 1. The molecule has 0 aliphatic carbocycles. The summed E-state index contributed by atoms with van der Waals surface area (Å²) in [4.78, 5) is 0.936. The maximum absolute atomic E-state index is 7.91. The van der Waals surface area contributed by atoms with E-state index in [2.05, 4.69) is 12.1 Å². The topological polar surface area (TPSA) is 23.9 Å². The Bertz CT molecular complexity index is 484. The normalized spacial score (nSPS) is 9.71. The molecule has 2 aromatic rings. The first-order valence-corrected chi connectivity index (χ1v) is 6.95. The highest BCUT2D eigenvalue weighted by Gasteiger charge is 2.05. The van der Waals surface area contributed by atoms with Gasteiger partial charge in [0.2, 0.25) is 0 Å². The average Bonchev–Trinajstić information content (AvgIpc) is 2.74. The van der Waals surface area contributed by atoms with E-state index in [-0.39, 0.29) is 17.0 Å². The first kappa shape index (κ1) is 14.8. The van der Waals surface area contributed by atoms with Crippen molar-refractivity contribution in [2.45, 2.75) is 5.75 Å². The molecular formula is C12H11BrClNS2. The van der Waals surface area contributed by atoms with Crippen molar-refractivity contribution in [3.8, 4) is 0 Å². The van der Waals surface area contributed by atoms with Gasteiger partial charge in [-0.1, -0.05) is 41.9 Å². The summed E-state index contributed by atoms with van der Waals surface area (Å²) >= 11 is 8.82. The summed E-state index contributed by atoms with van der Waals surface area (Å²) in [7, 11) is 0. The van der Waals surface area contributed by atoms with Crippen molar-refractivity contribution in [3.63, 3.8) is 0 Å². The van der Waals surface area contributed by atoms with Crippen LogP contribution in [-0.2, 0) is 5.75 Å². The van der Waals surface area contributed by atoms with Gasteiger partial charge in [-0.05, 0) is 17.7 Å². The van der Waals surface area contributed by atoms with Gasteiger partial charge in [0.05, 0.1) is 9.21 Å². The fourth-order valence-corrected chi connectivity index (χ4v) is 3.14. The Labute approximate surface area is 124 Å². The highest BCUT2D eigenvalue weighted by molar-refractivity contribution is 8.93. The van der Waals surface area contributed by atoms with E-state index in [0.29, 0.717) is 5.04 Å². The lowest BCUT2D eigenvalue weighted by Gasteiger charge is -2.01. The molecule has 1 aromatic heterocycles. The summed E-state index contributed by atoms with van der Waals surface area (Å²) in [5.41, 5.74) is 1.24. The van der Waals surface area contributed by atoms with Crippen LogP contribution in [0.25, 0.3) is 0 Å². The molecular weight excluding hydrogens is 338 g/mol. The third kappa shape index (κ3) is 4.47. The zero-order valence-corrected chi connectivity index (χ0v) is 13.0. The second-order valence-corrected chi connectivity index (χ2v) is 5.91. The maximum Gasteiger partial charge on any atom is 0.105 e. The van der Waals surface area contributed by atoms with Crippen molar-refractivity contribution in [1.29, 1.82) is 5.41 Å². The van der Waals surface area contributed by atoms with Crippen LogP contribution in [0, 0.1) is 5.41 Å². The van der Waals surface area contributed by atoms with Gasteiger partial charge in [-0.3, -0.25) is 5.41 Å². The minimum atomic E-state index is 0. The Morgan fingerprint density at radius 3 is 2.47 bits per heavy atom. The van der Waals surface area contributed by atoms with Crippen LogP contribution >= 0.6 is 51.7 Å². The minimum absolute atomic E-state index is 0. The van der Waals surface area contributed by atoms with Crippen LogP contribution in [0.1, 0.15) is 10.4 Å². The summed E-state index contributed by atoms with van der Waals surface area (Å²) in [6.07, 6.45) is 0. The van der Waals surface area contributed by atoms with Crippen LogP contribution in [0.15, 0.2) is 42.5 Å². The van der Waals surface area contributed by atoms with E-state index in [0.717, 1.165) is 15.0 Å². The van der Waals surface area contributed by atoms with Gasteiger partial charge in [0, 0.05) is 5.75 Å². The Hall–Kier alpha value is -0.290. The molecule has 1 nitrogen and oxygen atoms in total. The smallest absolute Gasteiger partial charge is 0.105 e. The number of thioether (sulfide) groups is 1. The Kier molecular flexibility index (Phi) is 6.27. The quantitative estimate of drug-likeness (QED) is 0.595. The van der Waals surface area contributed by atoms with Gasteiger partial charge in [0.1, 0.15) is 5.04 Å². The molecule has 0 bridgehead atoms. The van der Waals surface area contributed by atoms with Gasteiger partial charge in [-0.15, -0.1) is 40.1 Å². The van der Waals surface area contributed by atoms with E-state index in [1.165, 1.54) is 28.7 Å². The van der Waals surface area contributed by atoms with Crippen LogP contribution in [0.5, 0.6) is 0 Å². The van der Waals surface area contributed by atoms with Crippen LogP contribution in [0.2, 0.25) is 4.34 Å². The molecule has 2 rings (SSSR count). The SMILES string of the molecule is Br.N=C(SCc1ccccc1)c1ccc(Cl)s1. The molecule has 0 saturated carbocycles. The van der Waals surface area contributed by atoms with E-state index in [1.807, 2.05) is 30.3 Å². The zero-order chi connectivity index (χ0) is 11.4. The van der Waals surface area contributed by atoms with E-state index in [9.17, 15) is 0 Å². The summed E-state index contributed by atoms with van der Waals surface area (Å²) < 4.78 is 0.736. The largest absolute Gasteiger partial charge is 0.293 e. The van der Waals surface area contributed by atoms with Crippen molar-refractivity contribution in [2.75, 3.05) is 0 Å². The van der Waals surface area contributed by atoms with E-state index in [4.69, 9.17) is 17.0 Å². The van der Waals surface area contributed by atoms with Crippen LogP contribution < -0.4 is 0 Å². The summed E-state index contributed by atoms with van der Waals surface area (Å²) in [6, 6.07) is 13.9. The fourth-order valence-electron chi connectivity index (χ4n) is 1.24. The lowest BCUT2D eigenvalue weighted by molar-refractivity contribution is 1.42. The van der Waals surface area contributed by atoms with Gasteiger partial charge in [0.25, 0.3) is 0 Å². The Morgan fingerprint density at radius 2 is 1.88 bits per heavy atom. The molecule has 0 spiro atoms. The van der Waals surface area contributed by atoms with Gasteiger partial charge in [0.15, 0.2) is 0 Å². The summed E-state index contributed by atoms with van der Waals surface area (Å²) in [5.74, 6) is 0.829. The highest BCUT2D eigenvalue weighted by Crippen LogP contribution is 2.26. The average molecular weight is 349 g/mol. The lowest BCUT2D eigenvalue weighted by Crippen LogP contribution is -1.90. The molecule has 0 aliphatic heterocycles. The lowest BCUT2D eigenvalue weighted by atomic mass is 10.2. The van der Waals surface area contributed by atoms with Crippen LogP contribution in [0.4, 0.5) is 0 Å². The van der Waals surface area contributed by atoms with Crippen LogP contribution in [0.3, 0.4) is 0 Å². The fraction of sp³-hybridized carbons (Fsp3) is 0.0833. The number of rotatable bonds is 3. The Balaban J connectivity index is 0.00000144. The van der Waals surface area contributed by atoms with Gasteiger partial charge < -0.3 is 0 Å². The second kappa shape index (κ2) is 7.21. The van der Waals surface area contributed by atoms with Crippen molar-refractivity contribution >= 4 is 56.7 Å². The molecule has 1 N–H and O–H groups in total. The molecule has 1 aromatic carbocycles. The van der Waals surface area contributed by atoms with Crippen molar-refractivity contribution < 1.29 is 0 Å². The standard InChI is InChI=1S/C12H10ClNS2.BrH/c13-11-7-6-10(16-11)12(14)15-8-9-4-2-1-3-5-9;/h1-7,14H,8H2;1H. The number of benzene rings is 1. The van der Waals surface area contributed by atoms with E-state index >= 15 is 0 Å². The first-order chi connectivity index (χ1) is 7.75. The molecule has 0 amide bonds. The maximum atomic E-state index is 7.91. The molecule has 5 heteroatoms. The summed E-state index contributed by atoms with van der Waals surface area (Å²) in [6.45, 7) is 0. The number of halogens is 2. The molecule has 0 saturated heterocycles. The van der Waals surface area contributed by atoms with Crippen molar-refractivity contribution in [2.24, 2.45) is 0 Å². The third-order valence-electron chi connectivity index (χ3n) is 2.02. The van der Waals surface area contributed by atoms with Crippen molar-refractivity contribution in [3.05, 3.63) is 57.2 Å². The number of hydrogen-bond donors (Lipinski definition) is 1.